The zero-order valence-electron chi connectivity index (χ0n) is 13.2. The van der Waals surface area contributed by atoms with Crippen LogP contribution < -0.4 is 11.1 Å². The van der Waals surface area contributed by atoms with Crippen molar-refractivity contribution in [2.45, 2.75) is 25.2 Å². The second kappa shape index (κ2) is 7.39. The van der Waals surface area contributed by atoms with E-state index in [1.807, 2.05) is 0 Å². The number of nitrogens with zero attached hydrogens (tertiary/aromatic N) is 3. The molecule has 128 valence electrons. The molecule has 0 bridgehead atoms. The Morgan fingerprint density at radius 3 is 3.08 bits per heavy atom. The van der Waals surface area contributed by atoms with Gasteiger partial charge in [-0.2, -0.15) is 0 Å². The van der Waals surface area contributed by atoms with E-state index >= 15 is 0 Å². The minimum atomic E-state index is -0.370. The fourth-order valence-electron chi connectivity index (χ4n) is 2.92. The largest absolute Gasteiger partial charge is 0.408 e. The zero-order valence-corrected chi connectivity index (χ0v) is 13.2. The van der Waals surface area contributed by atoms with Gasteiger partial charge < -0.3 is 20.4 Å². The van der Waals surface area contributed by atoms with E-state index < -0.39 is 0 Å². The molecule has 1 saturated heterocycles. The van der Waals surface area contributed by atoms with Crippen LogP contribution >= 0.6 is 0 Å². The second-order valence-electron chi connectivity index (χ2n) is 5.93. The lowest BCUT2D eigenvalue weighted by Gasteiger charge is -2.30. The highest BCUT2D eigenvalue weighted by atomic mass is 19.1. The van der Waals surface area contributed by atoms with Gasteiger partial charge in [-0.1, -0.05) is 11.2 Å². The highest BCUT2D eigenvalue weighted by molar-refractivity contribution is 5.90. The van der Waals surface area contributed by atoms with E-state index in [2.05, 4.69) is 20.4 Å². The number of amides is 1. The minimum absolute atomic E-state index is 0.0802. The molecule has 1 aromatic heterocycles. The summed E-state index contributed by atoms with van der Waals surface area (Å²) in [5.74, 6) is 0.200. The molecule has 7 nitrogen and oxygen atoms in total. The summed E-state index contributed by atoms with van der Waals surface area (Å²) in [5, 5.41) is 10.3. The summed E-state index contributed by atoms with van der Waals surface area (Å²) in [7, 11) is 0. The third kappa shape index (κ3) is 4.29. The van der Waals surface area contributed by atoms with Crippen molar-refractivity contribution in [3.05, 3.63) is 36.0 Å². The normalized spacial score (nSPS) is 18.5. The molecule has 2 heterocycles. The summed E-state index contributed by atoms with van der Waals surface area (Å²) in [6.07, 6.45) is 2.31. The number of nitrogens with two attached hydrogens (primary N) is 1. The van der Waals surface area contributed by atoms with Gasteiger partial charge in [0, 0.05) is 25.2 Å². The summed E-state index contributed by atoms with van der Waals surface area (Å²) in [4.78, 5) is 14.2. The van der Waals surface area contributed by atoms with Crippen LogP contribution in [0.1, 0.15) is 31.1 Å². The lowest BCUT2D eigenvalue weighted by Crippen LogP contribution is -2.36. The highest BCUT2D eigenvalue weighted by Gasteiger charge is 2.25. The van der Waals surface area contributed by atoms with Crippen molar-refractivity contribution in [2.75, 3.05) is 30.7 Å². The molecule has 1 amide bonds. The first-order valence-corrected chi connectivity index (χ1v) is 7.97. The van der Waals surface area contributed by atoms with Crippen LogP contribution in [0.25, 0.3) is 0 Å². The second-order valence-corrected chi connectivity index (χ2v) is 5.93. The molecule has 0 aliphatic carbocycles. The summed E-state index contributed by atoms with van der Waals surface area (Å²) < 4.78 is 18.4. The third-order valence-electron chi connectivity index (χ3n) is 4.07. The van der Waals surface area contributed by atoms with Gasteiger partial charge in [0.25, 0.3) is 0 Å². The molecule has 8 heteroatoms. The SMILES string of the molecule is Nc1nnc(C2CCCN(CCC(=O)Nc3cccc(F)c3)C2)o1. The van der Waals surface area contributed by atoms with Gasteiger partial charge >= 0.3 is 6.01 Å². The molecule has 0 saturated carbocycles. The quantitative estimate of drug-likeness (QED) is 0.868. The number of aromatic nitrogens is 2. The molecular weight excluding hydrogens is 313 g/mol. The van der Waals surface area contributed by atoms with E-state index in [0.29, 0.717) is 24.5 Å². The fourth-order valence-corrected chi connectivity index (χ4v) is 2.92. The molecule has 1 unspecified atom stereocenters. The molecule has 2 aromatic rings. The van der Waals surface area contributed by atoms with Crippen molar-refractivity contribution in [1.29, 1.82) is 0 Å². The van der Waals surface area contributed by atoms with Crippen LogP contribution in [-0.4, -0.2) is 40.6 Å². The van der Waals surface area contributed by atoms with E-state index in [9.17, 15) is 9.18 Å². The van der Waals surface area contributed by atoms with Gasteiger partial charge in [-0.3, -0.25) is 4.79 Å². The van der Waals surface area contributed by atoms with Gasteiger partial charge in [-0.25, -0.2) is 4.39 Å². The lowest BCUT2D eigenvalue weighted by molar-refractivity contribution is -0.116. The van der Waals surface area contributed by atoms with Crippen molar-refractivity contribution in [1.82, 2.24) is 15.1 Å². The lowest BCUT2D eigenvalue weighted by atomic mass is 9.98. The first-order valence-electron chi connectivity index (χ1n) is 7.97. The summed E-state index contributed by atoms with van der Waals surface area (Å²) in [6.45, 7) is 2.31. The number of carbonyl (C=O) groups excluding carboxylic acids is 1. The van der Waals surface area contributed by atoms with Crippen LogP contribution in [0.2, 0.25) is 0 Å². The van der Waals surface area contributed by atoms with E-state index in [1.54, 1.807) is 12.1 Å². The maximum Gasteiger partial charge on any atom is 0.312 e. The van der Waals surface area contributed by atoms with Crippen molar-refractivity contribution < 1.29 is 13.6 Å². The van der Waals surface area contributed by atoms with E-state index in [-0.39, 0.29) is 23.7 Å². The molecule has 3 N–H and O–H groups in total. The van der Waals surface area contributed by atoms with Crippen LogP contribution in [0.15, 0.2) is 28.7 Å². The van der Waals surface area contributed by atoms with Crippen LogP contribution in [0.5, 0.6) is 0 Å². The Labute approximate surface area is 139 Å². The van der Waals surface area contributed by atoms with E-state index in [1.165, 1.54) is 12.1 Å². The fraction of sp³-hybridized carbons (Fsp3) is 0.438. The Kier molecular flexibility index (Phi) is 5.05. The number of hydrogen-bond donors (Lipinski definition) is 2. The van der Waals surface area contributed by atoms with Crippen molar-refractivity contribution in [3.63, 3.8) is 0 Å². The number of likely N-dealkylation sites (tertiary alicyclic amines) is 1. The van der Waals surface area contributed by atoms with Gasteiger partial charge in [0.2, 0.25) is 11.8 Å². The van der Waals surface area contributed by atoms with Crippen molar-refractivity contribution in [2.24, 2.45) is 0 Å². The van der Waals surface area contributed by atoms with Gasteiger partial charge in [0.05, 0.1) is 5.92 Å². The minimum Gasteiger partial charge on any atom is -0.408 e. The Balaban J connectivity index is 1.48. The number of piperidine rings is 1. The predicted octanol–water partition coefficient (Wildman–Crippen LogP) is 2.00. The predicted molar refractivity (Wildman–Crippen MR) is 86.8 cm³/mol. The average Bonchev–Trinajstić information content (AvgIpc) is 3.00. The van der Waals surface area contributed by atoms with Gasteiger partial charge in [-0.15, -0.1) is 5.10 Å². The number of benzene rings is 1. The number of rotatable bonds is 5. The molecular formula is C16H20FN5O2. The standard InChI is InChI=1S/C16H20FN5O2/c17-12-4-1-5-13(9-12)19-14(23)6-8-22-7-2-3-11(10-22)15-20-21-16(18)24-15/h1,4-5,9,11H,2-3,6-8,10H2,(H2,18,21)(H,19,23). The first kappa shape index (κ1) is 16.4. The molecule has 0 radical (unpaired) electrons. The van der Waals surface area contributed by atoms with Crippen LogP contribution in [0, 0.1) is 5.82 Å². The molecule has 1 aromatic carbocycles. The zero-order chi connectivity index (χ0) is 16.9. The number of anilines is 2. The molecule has 1 fully saturated rings. The number of hydrogen-bond acceptors (Lipinski definition) is 6. The highest BCUT2D eigenvalue weighted by Crippen LogP contribution is 2.26. The Bertz CT molecular complexity index is 705. The summed E-state index contributed by atoms with van der Waals surface area (Å²) >= 11 is 0. The number of halogens is 1. The maximum absolute atomic E-state index is 13.1. The van der Waals surface area contributed by atoms with E-state index in [0.717, 1.165) is 25.9 Å². The third-order valence-corrected chi connectivity index (χ3v) is 4.07. The molecule has 1 aliphatic heterocycles. The Morgan fingerprint density at radius 2 is 2.33 bits per heavy atom. The topological polar surface area (TPSA) is 97.3 Å². The molecule has 24 heavy (non-hydrogen) atoms. The van der Waals surface area contributed by atoms with Gasteiger partial charge in [-0.05, 0) is 37.6 Å². The van der Waals surface area contributed by atoms with Crippen LogP contribution in [0.3, 0.4) is 0 Å². The van der Waals surface area contributed by atoms with Crippen LogP contribution in [-0.2, 0) is 4.79 Å². The van der Waals surface area contributed by atoms with Crippen molar-refractivity contribution in [3.8, 4) is 0 Å². The molecule has 1 aliphatic rings. The molecule has 0 spiro atoms. The monoisotopic (exact) mass is 333 g/mol. The Hall–Kier alpha value is -2.48. The molecule has 3 rings (SSSR count). The maximum atomic E-state index is 13.1. The average molecular weight is 333 g/mol. The van der Waals surface area contributed by atoms with Crippen molar-refractivity contribution >= 4 is 17.6 Å². The molecule has 1 atom stereocenters. The summed E-state index contributed by atoms with van der Waals surface area (Å²) in [6, 6.07) is 5.95. The number of nitrogens with one attached hydrogen (secondary N) is 1. The Morgan fingerprint density at radius 1 is 1.46 bits per heavy atom. The number of carbonyl (C=O) groups is 1. The van der Waals surface area contributed by atoms with E-state index in [4.69, 9.17) is 10.2 Å². The summed E-state index contributed by atoms with van der Waals surface area (Å²) in [5.41, 5.74) is 5.94. The van der Waals surface area contributed by atoms with Gasteiger partial charge in [0.1, 0.15) is 5.82 Å². The first-order chi connectivity index (χ1) is 11.6. The van der Waals surface area contributed by atoms with Crippen LogP contribution in [0.4, 0.5) is 16.1 Å². The van der Waals surface area contributed by atoms with Gasteiger partial charge in [0.15, 0.2) is 0 Å². The number of nitrogen functional groups attached to an aromatic ring is 1. The smallest absolute Gasteiger partial charge is 0.312 e.